The topological polar surface area (TPSA) is 101 Å². The molecule has 1 aromatic carbocycles. The number of hydrogen-bond donors (Lipinski definition) is 1. The first kappa shape index (κ1) is 18.9. The van der Waals surface area contributed by atoms with Crippen LogP contribution in [0.3, 0.4) is 0 Å². The van der Waals surface area contributed by atoms with E-state index in [-0.39, 0.29) is 17.4 Å². The van der Waals surface area contributed by atoms with E-state index < -0.39 is 0 Å². The molecule has 0 spiro atoms. The third-order valence-electron chi connectivity index (χ3n) is 5.20. The Morgan fingerprint density at radius 2 is 1.97 bits per heavy atom. The number of aromatic amines is 1. The minimum absolute atomic E-state index is 0.121. The number of pyridine rings is 1. The molecular formula is C21H22N4O4. The third kappa shape index (κ3) is 4.37. The van der Waals surface area contributed by atoms with Crippen LogP contribution in [0.25, 0.3) is 11.5 Å². The quantitative estimate of drug-likeness (QED) is 0.713. The van der Waals surface area contributed by atoms with E-state index in [1.54, 1.807) is 19.4 Å². The van der Waals surface area contributed by atoms with Crippen LogP contribution in [0.5, 0.6) is 5.75 Å². The number of piperidine rings is 1. The number of methoxy groups -OCH3 is 1. The fraction of sp³-hybridized carbons (Fsp3) is 0.333. The van der Waals surface area contributed by atoms with Crippen LogP contribution in [0.15, 0.2) is 51.9 Å². The molecule has 1 N–H and O–H groups in total. The summed E-state index contributed by atoms with van der Waals surface area (Å²) in [6.07, 6.45) is 3.52. The molecule has 150 valence electrons. The van der Waals surface area contributed by atoms with Crippen LogP contribution in [0.1, 0.15) is 30.1 Å². The Labute approximate surface area is 167 Å². The molecular weight excluding hydrogens is 372 g/mol. The maximum absolute atomic E-state index is 12.6. The van der Waals surface area contributed by atoms with Crippen molar-refractivity contribution in [3.8, 4) is 17.2 Å². The fourth-order valence-corrected chi connectivity index (χ4v) is 3.48. The summed E-state index contributed by atoms with van der Waals surface area (Å²) in [5, 5.41) is 4.10. The van der Waals surface area contributed by atoms with Gasteiger partial charge in [0.25, 0.3) is 5.89 Å². The molecule has 1 fully saturated rings. The summed E-state index contributed by atoms with van der Waals surface area (Å²) in [7, 11) is 1.62. The number of benzene rings is 1. The normalized spacial score (nSPS) is 14.7. The first-order chi connectivity index (χ1) is 14.1. The zero-order valence-electron chi connectivity index (χ0n) is 16.1. The second kappa shape index (κ2) is 8.30. The maximum atomic E-state index is 12.6. The second-order valence-corrected chi connectivity index (χ2v) is 7.08. The first-order valence-corrected chi connectivity index (χ1v) is 9.56. The summed E-state index contributed by atoms with van der Waals surface area (Å²) in [6.45, 7) is 1.34. The number of hydrogen-bond acceptors (Lipinski definition) is 6. The Morgan fingerprint density at radius 1 is 1.21 bits per heavy atom. The Morgan fingerprint density at radius 3 is 2.62 bits per heavy atom. The Bertz CT molecular complexity index is 1010. The van der Waals surface area contributed by atoms with Crippen LogP contribution in [-0.2, 0) is 11.2 Å². The van der Waals surface area contributed by atoms with Crippen LogP contribution >= 0.6 is 0 Å². The number of nitrogens with zero attached hydrogens (tertiary/aromatic N) is 3. The van der Waals surface area contributed by atoms with Gasteiger partial charge in [0.2, 0.25) is 11.5 Å². The molecule has 4 rings (SSSR count). The highest BCUT2D eigenvalue weighted by Gasteiger charge is 2.27. The molecule has 3 aromatic rings. The number of carbonyl (C=O) groups is 1. The summed E-state index contributed by atoms with van der Waals surface area (Å²) < 4.78 is 10.5. The van der Waals surface area contributed by atoms with Gasteiger partial charge in [-0.25, -0.2) is 0 Å². The number of amides is 1. The molecule has 0 radical (unpaired) electrons. The van der Waals surface area contributed by atoms with Gasteiger partial charge in [-0.2, -0.15) is 4.98 Å². The maximum Gasteiger partial charge on any atom is 0.259 e. The van der Waals surface area contributed by atoms with E-state index in [0.29, 0.717) is 36.8 Å². The summed E-state index contributed by atoms with van der Waals surface area (Å²) in [5.41, 5.74) is 1.47. The molecule has 29 heavy (non-hydrogen) atoms. The molecule has 1 amide bonds. The Balaban J connectivity index is 1.33. The van der Waals surface area contributed by atoms with Crippen molar-refractivity contribution >= 4 is 5.91 Å². The van der Waals surface area contributed by atoms with Gasteiger partial charge >= 0.3 is 0 Å². The molecule has 8 heteroatoms. The van der Waals surface area contributed by atoms with Gasteiger partial charge in [0.05, 0.1) is 19.1 Å². The van der Waals surface area contributed by atoms with Crippen molar-refractivity contribution < 1.29 is 14.1 Å². The minimum atomic E-state index is -0.180. The van der Waals surface area contributed by atoms with Crippen molar-refractivity contribution in [1.29, 1.82) is 0 Å². The van der Waals surface area contributed by atoms with Gasteiger partial charge in [0.1, 0.15) is 5.75 Å². The van der Waals surface area contributed by atoms with Crippen molar-refractivity contribution in [2.24, 2.45) is 0 Å². The molecule has 8 nitrogen and oxygen atoms in total. The highest BCUT2D eigenvalue weighted by atomic mass is 16.5. The molecule has 1 aliphatic rings. The second-order valence-electron chi connectivity index (χ2n) is 7.08. The highest BCUT2D eigenvalue weighted by molar-refractivity contribution is 5.79. The van der Waals surface area contributed by atoms with Crippen molar-refractivity contribution in [2.75, 3.05) is 20.2 Å². The lowest BCUT2D eigenvalue weighted by Crippen LogP contribution is -2.39. The number of rotatable bonds is 5. The lowest BCUT2D eigenvalue weighted by Gasteiger charge is -2.30. The van der Waals surface area contributed by atoms with Crippen molar-refractivity contribution in [3.63, 3.8) is 0 Å². The number of H-pyrrole nitrogens is 1. The average molecular weight is 394 g/mol. The molecule has 3 heterocycles. The summed E-state index contributed by atoms with van der Waals surface area (Å²) in [4.78, 5) is 32.7. The molecule has 0 bridgehead atoms. The fourth-order valence-electron chi connectivity index (χ4n) is 3.48. The number of ether oxygens (including phenoxy) is 1. The zero-order valence-corrected chi connectivity index (χ0v) is 16.1. The lowest BCUT2D eigenvalue weighted by molar-refractivity contribution is -0.131. The largest absolute Gasteiger partial charge is 0.497 e. The van der Waals surface area contributed by atoms with Crippen molar-refractivity contribution in [2.45, 2.75) is 25.2 Å². The van der Waals surface area contributed by atoms with Gasteiger partial charge < -0.3 is 19.1 Å². The van der Waals surface area contributed by atoms with E-state index in [4.69, 9.17) is 9.26 Å². The van der Waals surface area contributed by atoms with Gasteiger partial charge in [-0.05, 0) is 36.6 Å². The van der Waals surface area contributed by atoms with Crippen LogP contribution in [0.4, 0.5) is 0 Å². The molecule has 1 aliphatic heterocycles. The summed E-state index contributed by atoms with van der Waals surface area (Å²) in [5.74, 6) is 2.09. The summed E-state index contributed by atoms with van der Waals surface area (Å²) in [6, 6.07) is 10.6. The molecule has 1 saturated heterocycles. The van der Waals surface area contributed by atoms with E-state index >= 15 is 0 Å². The predicted octanol–water partition coefficient (Wildman–Crippen LogP) is 2.38. The molecule has 0 unspecified atom stereocenters. The van der Waals surface area contributed by atoms with Crippen LogP contribution < -0.4 is 10.3 Å². The summed E-state index contributed by atoms with van der Waals surface area (Å²) >= 11 is 0. The van der Waals surface area contributed by atoms with E-state index in [9.17, 15) is 9.59 Å². The van der Waals surface area contributed by atoms with E-state index in [1.165, 1.54) is 6.07 Å². The highest BCUT2D eigenvalue weighted by Crippen LogP contribution is 2.28. The number of carbonyl (C=O) groups excluding carboxylic acids is 1. The van der Waals surface area contributed by atoms with Crippen molar-refractivity contribution in [3.05, 3.63) is 64.3 Å². The van der Waals surface area contributed by atoms with Crippen LogP contribution in [0, 0.1) is 0 Å². The van der Waals surface area contributed by atoms with Gasteiger partial charge in [-0.3, -0.25) is 9.59 Å². The van der Waals surface area contributed by atoms with Crippen LogP contribution in [0.2, 0.25) is 0 Å². The van der Waals surface area contributed by atoms with Gasteiger partial charge in [0.15, 0.2) is 5.82 Å². The molecule has 0 atom stereocenters. The van der Waals surface area contributed by atoms with Crippen LogP contribution in [-0.4, -0.2) is 46.1 Å². The number of nitrogens with one attached hydrogen (secondary N) is 1. The smallest absolute Gasteiger partial charge is 0.259 e. The first-order valence-electron chi connectivity index (χ1n) is 9.56. The lowest BCUT2D eigenvalue weighted by atomic mass is 9.95. The molecule has 2 aromatic heterocycles. The van der Waals surface area contributed by atoms with Gasteiger partial charge in [0, 0.05) is 31.3 Å². The Hall–Kier alpha value is -3.42. The van der Waals surface area contributed by atoms with Gasteiger partial charge in [-0.15, -0.1) is 0 Å². The zero-order chi connectivity index (χ0) is 20.2. The van der Waals surface area contributed by atoms with Gasteiger partial charge in [-0.1, -0.05) is 17.3 Å². The standard InChI is InChI=1S/C21H22N4O4/c1-28-17-5-2-14(3-6-17)12-19(27)25-10-8-15(9-11-25)20-23-21(29-24-20)16-4-7-18(26)22-13-16/h2-7,13,15H,8-12H2,1H3,(H,22,26). The minimum Gasteiger partial charge on any atom is -0.497 e. The van der Waals surface area contributed by atoms with E-state index in [1.807, 2.05) is 29.2 Å². The molecule has 0 saturated carbocycles. The number of aromatic nitrogens is 3. The molecule has 0 aliphatic carbocycles. The number of likely N-dealkylation sites (tertiary alicyclic amines) is 1. The monoisotopic (exact) mass is 394 g/mol. The van der Waals surface area contributed by atoms with E-state index in [2.05, 4.69) is 15.1 Å². The predicted molar refractivity (Wildman–Crippen MR) is 106 cm³/mol. The third-order valence-corrected chi connectivity index (χ3v) is 5.20. The SMILES string of the molecule is COc1ccc(CC(=O)N2CCC(c3noc(-c4ccc(=O)[nH]c4)n3)CC2)cc1. The van der Waals surface area contributed by atoms with E-state index in [0.717, 1.165) is 24.2 Å². The Kier molecular flexibility index (Phi) is 5.41. The average Bonchev–Trinajstić information content (AvgIpc) is 3.25. The van der Waals surface area contributed by atoms with Crippen molar-refractivity contribution in [1.82, 2.24) is 20.0 Å².